The lowest BCUT2D eigenvalue weighted by Gasteiger charge is -2.01. The van der Waals surface area contributed by atoms with Gasteiger partial charge in [0.2, 0.25) is 16.0 Å². The number of benzene rings is 1. The van der Waals surface area contributed by atoms with E-state index >= 15 is 0 Å². The summed E-state index contributed by atoms with van der Waals surface area (Å²) in [5.74, 6) is -2.45. The minimum Gasteiger partial charge on any atom is -0.480 e. The molecule has 1 aromatic carbocycles. The van der Waals surface area contributed by atoms with Crippen molar-refractivity contribution in [3.8, 4) is 11.3 Å². The zero-order valence-corrected chi connectivity index (χ0v) is 10.5. The summed E-state index contributed by atoms with van der Waals surface area (Å²) in [4.78, 5) is 17.0. The molecule has 0 aliphatic rings. The number of nitrogens with one attached hydrogen (secondary N) is 2. The summed E-state index contributed by atoms with van der Waals surface area (Å²) in [6, 6.07) is 9.21. The van der Waals surface area contributed by atoms with Gasteiger partial charge in [0.1, 0.15) is 0 Å². The van der Waals surface area contributed by atoms with Gasteiger partial charge in [-0.1, -0.05) is 30.3 Å². The Labute approximate surface area is 109 Å². The molecule has 100 valence electrons. The zero-order chi connectivity index (χ0) is 13.9. The predicted octanol–water partition coefficient (Wildman–Crippen LogP) is 0.903. The summed E-state index contributed by atoms with van der Waals surface area (Å²) in [5.41, 5.74) is 1.48. The molecular weight excluding hydrogens is 270 g/mol. The Kier molecular flexibility index (Phi) is 3.52. The Morgan fingerprint density at radius 2 is 2.00 bits per heavy atom. The number of sulfonamides is 1. The average Bonchev–Trinajstić information content (AvgIpc) is 2.76. The summed E-state index contributed by atoms with van der Waals surface area (Å²) >= 11 is 0. The highest BCUT2D eigenvalue weighted by atomic mass is 32.2. The van der Waals surface area contributed by atoms with Crippen LogP contribution in [-0.4, -0.2) is 35.2 Å². The van der Waals surface area contributed by atoms with Crippen LogP contribution in [0.5, 0.6) is 0 Å². The largest absolute Gasteiger partial charge is 0.480 e. The number of hydrogen-bond donors (Lipinski definition) is 3. The number of nitrogens with zero attached hydrogens (tertiary/aromatic N) is 1. The highest BCUT2D eigenvalue weighted by Gasteiger charge is 2.17. The zero-order valence-electron chi connectivity index (χ0n) is 9.70. The van der Waals surface area contributed by atoms with E-state index in [0.717, 1.165) is 5.56 Å². The Morgan fingerprint density at radius 1 is 1.32 bits per heavy atom. The highest BCUT2D eigenvalue weighted by Crippen LogP contribution is 2.18. The molecule has 2 rings (SSSR count). The van der Waals surface area contributed by atoms with Crippen LogP contribution >= 0.6 is 0 Å². The molecule has 0 amide bonds. The molecule has 0 aliphatic heterocycles. The summed E-state index contributed by atoms with van der Waals surface area (Å²) in [5, 5.41) is 8.46. The van der Waals surface area contributed by atoms with Crippen molar-refractivity contribution in [3.05, 3.63) is 36.5 Å². The lowest BCUT2D eigenvalue weighted by Crippen LogP contribution is -2.22. The molecule has 0 saturated carbocycles. The molecule has 0 spiro atoms. The molecule has 2 aromatic rings. The molecular formula is C11H11N3O4S. The number of aromatic amines is 1. The number of aromatic nitrogens is 2. The van der Waals surface area contributed by atoms with Crippen LogP contribution in [0, 0.1) is 0 Å². The molecule has 1 aromatic heterocycles. The van der Waals surface area contributed by atoms with Crippen molar-refractivity contribution < 1.29 is 18.3 Å². The minimum atomic E-state index is -3.95. The van der Waals surface area contributed by atoms with E-state index in [-0.39, 0.29) is 5.95 Å². The third-order valence-corrected chi connectivity index (χ3v) is 3.36. The van der Waals surface area contributed by atoms with E-state index < -0.39 is 21.7 Å². The first-order valence-corrected chi connectivity index (χ1v) is 6.94. The van der Waals surface area contributed by atoms with E-state index in [4.69, 9.17) is 5.11 Å². The number of carboxylic acid groups (broad SMARTS) is 1. The van der Waals surface area contributed by atoms with Gasteiger partial charge in [-0.3, -0.25) is 9.52 Å². The van der Waals surface area contributed by atoms with Crippen molar-refractivity contribution in [1.29, 1.82) is 0 Å². The summed E-state index contributed by atoms with van der Waals surface area (Å²) in [6.45, 7) is 0. The number of carbonyl (C=O) groups is 1. The number of hydrogen-bond acceptors (Lipinski definition) is 4. The summed E-state index contributed by atoms with van der Waals surface area (Å²) in [7, 11) is -3.95. The second kappa shape index (κ2) is 5.11. The smallest absolute Gasteiger partial charge is 0.320 e. The molecule has 0 radical (unpaired) electrons. The van der Waals surface area contributed by atoms with Crippen LogP contribution in [0.4, 0.5) is 5.95 Å². The monoisotopic (exact) mass is 281 g/mol. The van der Waals surface area contributed by atoms with E-state index in [1.807, 2.05) is 30.3 Å². The number of H-pyrrole nitrogens is 1. The van der Waals surface area contributed by atoms with Crippen LogP contribution < -0.4 is 4.72 Å². The van der Waals surface area contributed by atoms with Gasteiger partial charge in [-0.05, 0) is 5.56 Å². The number of aliphatic carboxylic acids is 1. The molecule has 1 heterocycles. The Hall–Kier alpha value is -2.35. The average molecular weight is 281 g/mol. The van der Waals surface area contributed by atoms with Crippen molar-refractivity contribution in [1.82, 2.24) is 9.97 Å². The number of anilines is 1. The van der Waals surface area contributed by atoms with Crippen LogP contribution in [-0.2, 0) is 14.8 Å². The van der Waals surface area contributed by atoms with Gasteiger partial charge in [0, 0.05) is 0 Å². The molecule has 0 fully saturated rings. The van der Waals surface area contributed by atoms with Crippen LogP contribution in [0.1, 0.15) is 0 Å². The molecule has 8 heteroatoms. The van der Waals surface area contributed by atoms with Crippen molar-refractivity contribution in [2.75, 3.05) is 10.5 Å². The first-order valence-electron chi connectivity index (χ1n) is 5.29. The maximum Gasteiger partial charge on any atom is 0.320 e. The Bertz CT molecular complexity index is 679. The topological polar surface area (TPSA) is 112 Å². The van der Waals surface area contributed by atoms with Gasteiger partial charge < -0.3 is 10.1 Å². The molecule has 0 bridgehead atoms. The number of imidazole rings is 1. The quantitative estimate of drug-likeness (QED) is 0.753. The molecule has 19 heavy (non-hydrogen) atoms. The van der Waals surface area contributed by atoms with Gasteiger partial charge in [-0.15, -0.1) is 0 Å². The number of rotatable bonds is 5. The molecule has 3 N–H and O–H groups in total. The predicted molar refractivity (Wildman–Crippen MR) is 69.1 cm³/mol. The van der Waals surface area contributed by atoms with E-state index in [9.17, 15) is 13.2 Å². The van der Waals surface area contributed by atoms with Gasteiger partial charge >= 0.3 is 5.97 Å². The SMILES string of the molecule is O=C(O)CS(=O)(=O)Nc1ncc(-c2ccccc2)[nH]1. The lowest BCUT2D eigenvalue weighted by atomic mass is 10.2. The highest BCUT2D eigenvalue weighted by molar-refractivity contribution is 7.93. The normalized spacial score (nSPS) is 11.2. The molecule has 0 atom stereocenters. The lowest BCUT2D eigenvalue weighted by molar-refractivity contribution is -0.134. The van der Waals surface area contributed by atoms with Gasteiger partial charge in [-0.2, -0.15) is 0 Å². The second-order valence-electron chi connectivity index (χ2n) is 3.77. The molecule has 0 aliphatic carbocycles. The van der Waals surface area contributed by atoms with Gasteiger partial charge in [0.15, 0.2) is 5.75 Å². The second-order valence-corrected chi connectivity index (χ2v) is 5.49. The fourth-order valence-corrected chi connectivity index (χ4v) is 2.28. The Balaban J connectivity index is 2.17. The molecule has 0 unspecified atom stereocenters. The van der Waals surface area contributed by atoms with Gasteiger partial charge in [-0.25, -0.2) is 13.4 Å². The van der Waals surface area contributed by atoms with Crippen molar-refractivity contribution >= 4 is 21.9 Å². The van der Waals surface area contributed by atoms with Gasteiger partial charge in [0.05, 0.1) is 11.9 Å². The Morgan fingerprint density at radius 3 is 2.63 bits per heavy atom. The van der Waals surface area contributed by atoms with E-state index in [1.165, 1.54) is 6.20 Å². The number of carboxylic acids is 1. The first kappa shape index (κ1) is 13.1. The van der Waals surface area contributed by atoms with Crippen molar-refractivity contribution in [2.24, 2.45) is 0 Å². The standard InChI is InChI=1S/C11H11N3O4S/c15-10(16)7-19(17,18)14-11-12-6-9(13-11)8-4-2-1-3-5-8/h1-6H,7H2,(H,15,16)(H2,12,13,14). The third kappa shape index (κ3) is 3.55. The van der Waals surface area contributed by atoms with E-state index in [0.29, 0.717) is 5.69 Å². The van der Waals surface area contributed by atoms with Crippen LogP contribution in [0.3, 0.4) is 0 Å². The fourth-order valence-electron chi connectivity index (χ4n) is 1.48. The van der Waals surface area contributed by atoms with Crippen LogP contribution in [0.15, 0.2) is 36.5 Å². The van der Waals surface area contributed by atoms with Crippen molar-refractivity contribution in [2.45, 2.75) is 0 Å². The maximum atomic E-state index is 11.4. The van der Waals surface area contributed by atoms with E-state index in [1.54, 1.807) is 0 Å². The third-order valence-electron chi connectivity index (χ3n) is 2.23. The molecule has 0 saturated heterocycles. The minimum absolute atomic E-state index is 0.0138. The first-order chi connectivity index (χ1) is 8.96. The van der Waals surface area contributed by atoms with Crippen molar-refractivity contribution in [3.63, 3.8) is 0 Å². The maximum absolute atomic E-state index is 11.4. The van der Waals surface area contributed by atoms with Crippen LogP contribution in [0.25, 0.3) is 11.3 Å². The fraction of sp³-hybridized carbons (Fsp3) is 0.0909. The summed E-state index contributed by atoms with van der Waals surface area (Å²) < 4.78 is 24.9. The van der Waals surface area contributed by atoms with Gasteiger partial charge in [0.25, 0.3) is 0 Å². The summed E-state index contributed by atoms with van der Waals surface area (Å²) in [6.07, 6.45) is 1.47. The molecule has 7 nitrogen and oxygen atoms in total. The van der Waals surface area contributed by atoms with Crippen LogP contribution in [0.2, 0.25) is 0 Å². The van der Waals surface area contributed by atoms with E-state index in [2.05, 4.69) is 14.7 Å².